The fraction of sp³-hybridized carbons (Fsp3) is 0. The van der Waals surface area contributed by atoms with Crippen molar-refractivity contribution < 1.29 is 8.39 Å². The van der Waals surface area contributed by atoms with E-state index < -0.39 is 14.5 Å². The van der Waals surface area contributed by atoms with Crippen molar-refractivity contribution in [1.82, 2.24) is 0 Å². The maximum atomic E-state index is 17.5. The number of rotatable bonds is 5. The van der Waals surface area contributed by atoms with Crippen molar-refractivity contribution >= 4 is 35.7 Å². The Morgan fingerprint density at radius 1 is 0.429 bits per heavy atom. The van der Waals surface area contributed by atoms with Crippen molar-refractivity contribution in [2.75, 3.05) is 0 Å². The molecule has 0 nitrogen and oxygen atoms in total. The molecule has 4 rings (SSSR count). The van der Waals surface area contributed by atoms with Crippen LogP contribution in [0.2, 0.25) is 0 Å². The zero-order valence-corrected chi connectivity index (χ0v) is 17.0. The number of benzene rings is 4. The van der Waals surface area contributed by atoms with Crippen LogP contribution >= 0.6 is 14.5 Å². The van der Waals surface area contributed by atoms with Gasteiger partial charge < -0.3 is 0 Å². The third kappa shape index (κ3) is 3.18. The van der Waals surface area contributed by atoms with Gasteiger partial charge in [0, 0.05) is 0 Å². The van der Waals surface area contributed by atoms with Crippen molar-refractivity contribution in [2.24, 2.45) is 0 Å². The van der Waals surface area contributed by atoms with E-state index >= 15 is 8.39 Å². The van der Waals surface area contributed by atoms with E-state index in [0.29, 0.717) is 10.6 Å². The molecule has 0 N–H and O–H groups in total. The first kappa shape index (κ1) is 18.9. The van der Waals surface area contributed by atoms with E-state index in [2.05, 4.69) is 0 Å². The van der Waals surface area contributed by atoms with Gasteiger partial charge in [0.15, 0.2) is 0 Å². The van der Waals surface area contributed by atoms with Crippen LogP contribution in [0.3, 0.4) is 0 Å². The SMILES string of the molecule is FP(F)(c1ccccc1)(c1ccccc1)P(c1ccccc1)c1ccccc1. The molecule has 0 unspecified atom stereocenters. The molecule has 0 bridgehead atoms. The first-order chi connectivity index (χ1) is 13.6. The molecule has 0 aliphatic heterocycles. The zero-order chi connectivity index (χ0) is 19.5. The first-order valence-corrected chi connectivity index (χ1v) is 13.1. The normalized spacial score (nSPS) is 13.0. The van der Waals surface area contributed by atoms with E-state index in [4.69, 9.17) is 0 Å². The molecule has 0 heterocycles. The van der Waals surface area contributed by atoms with E-state index in [1.54, 1.807) is 60.7 Å². The zero-order valence-electron chi connectivity index (χ0n) is 15.2. The van der Waals surface area contributed by atoms with Gasteiger partial charge in [-0.1, -0.05) is 0 Å². The molecule has 4 aromatic rings. The molecule has 0 amide bonds. The molecular weight excluding hydrogens is 388 g/mol. The van der Waals surface area contributed by atoms with Gasteiger partial charge in [0.2, 0.25) is 0 Å². The van der Waals surface area contributed by atoms with Crippen LogP contribution in [-0.4, -0.2) is 0 Å². The topological polar surface area (TPSA) is 0 Å². The molecule has 0 aromatic heterocycles. The minimum absolute atomic E-state index is 0.138. The van der Waals surface area contributed by atoms with Gasteiger partial charge in [0.05, 0.1) is 0 Å². The van der Waals surface area contributed by atoms with Crippen LogP contribution in [0.4, 0.5) is 8.39 Å². The molecule has 0 aliphatic rings. The van der Waals surface area contributed by atoms with E-state index in [0.717, 1.165) is 0 Å². The summed E-state index contributed by atoms with van der Waals surface area (Å²) in [6.07, 6.45) is 0. The molecule has 0 fully saturated rings. The maximum absolute atomic E-state index is 17.5. The Bertz CT molecular complexity index is 954. The molecule has 28 heavy (non-hydrogen) atoms. The Kier molecular flexibility index (Phi) is 5.11. The second-order valence-electron chi connectivity index (χ2n) is 6.52. The molecule has 0 saturated carbocycles. The summed E-state index contributed by atoms with van der Waals surface area (Å²) in [5.74, 6) is 0. The van der Waals surface area contributed by atoms with E-state index in [-0.39, 0.29) is 10.6 Å². The van der Waals surface area contributed by atoms with Crippen LogP contribution in [0.5, 0.6) is 0 Å². The van der Waals surface area contributed by atoms with E-state index in [9.17, 15) is 0 Å². The van der Waals surface area contributed by atoms with Crippen molar-refractivity contribution in [1.29, 1.82) is 0 Å². The molecule has 140 valence electrons. The van der Waals surface area contributed by atoms with Crippen LogP contribution in [0.1, 0.15) is 0 Å². The number of hydrogen-bond donors (Lipinski definition) is 0. The predicted molar refractivity (Wildman–Crippen MR) is 120 cm³/mol. The number of halogens is 2. The Morgan fingerprint density at radius 2 is 0.714 bits per heavy atom. The third-order valence-corrected chi connectivity index (χ3v) is 14.3. The Labute approximate surface area is 165 Å². The Hall–Kier alpha value is -2.40. The van der Waals surface area contributed by atoms with Gasteiger partial charge in [-0.3, -0.25) is 0 Å². The van der Waals surface area contributed by atoms with E-state index in [1.165, 1.54) is 0 Å². The van der Waals surface area contributed by atoms with Crippen LogP contribution in [0, 0.1) is 0 Å². The average molecular weight is 408 g/mol. The number of hydrogen-bond acceptors (Lipinski definition) is 0. The monoisotopic (exact) mass is 408 g/mol. The predicted octanol–water partition coefficient (Wildman–Crippen LogP) is 6.01. The van der Waals surface area contributed by atoms with Gasteiger partial charge in [-0.05, 0) is 0 Å². The van der Waals surface area contributed by atoms with E-state index in [1.807, 2.05) is 60.7 Å². The fourth-order valence-electron chi connectivity index (χ4n) is 3.44. The molecule has 0 saturated heterocycles. The standard InChI is InChI=1S/C24H20F2P2/c25-28(26,23-17-9-3-10-18-23,24-19-11-4-12-20-24)27(21-13-5-1-6-14-21)22-15-7-2-8-16-22/h1-20H. The summed E-state index contributed by atoms with van der Waals surface area (Å²) >= 11 is 0. The van der Waals surface area contributed by atoms with Crippen molar-refractivity contribution in [3.8, 4) is 0 Å². The fourth-order valence-corrected chi connectivity index (χ4v) is 13.0. The molecule has 0 atom stereocenters. The quantitative estimate of drug-likeness (QED) is 0.355. The summed E-state index contributed by atoms with van der Waals surface area (Å²) in [5, 5.41) is 1.66. The molecule has 4 aromatic carbocycles. The van der Waals surface area contributed by atoms with Gasteiger partial charge in [0.25, 0.3) is 0 Å². The molecular formula is C24H20F2P2. The third-order valence-electron chi connectivity index (χ3n) is 4.74. The van der Waals surface area contributed by atoms with Crippen LogP contribution in [-0.2, 0) is 0 Å². The summed E-state index contributed by atoms with van der Waals surface area (Å²) in [6, 6.07) is 35.3. The van der Waals surface area contributed by atoms with Crippen molar-refractivity contribution in [3.05, 3.63) is 121 Å². The summed E-state index contributed by atoms with van der Waals surface area (Å²) in [5.41, 5.74) is 0. The average Bonchev–Trinajstić information content (AvgIpc) is 2.77. The van der Waals surface area contributed by atoms with Gasteiger partial charge >= 0.3 is 165 Å². The van der Waals surface area contributed by atoms with Gasteiger partial charge in [-0.25, -0.2) is 0 Å². The molecule has 4 heteroatoms. The Morgan fingerprint density at radius 3 is 1.04 bits per heavy atom. The summed E-state index contributed by atoms with van der Waals surface area (Å²) in [4.78, 5) is 0. The Balaban J connectivity index is 2.09. The van der Waals surface area contributed by atoms with Crippen molar-refractivity contribution in [2.45, 2.75) is 0 Å². The van der Waals surface area contributed by atoms with Crippen molar-refractivity contribution in [3.63, 3.8) is 0 Å². The van der Waals surface area contributed by atoms with Crippen LogP contribution in [0.25, 0.3) is 0 Å². The summed E-state index contributed by atoms with van der Waals surface area (Å²) < 4.78 is 34.9. The summed E-state index contributed by atoms with van der Waals surface area (Å²) in [7, 11) is -1.93. The van der Waals surface area contributed by atoms with Gasteiger partial charge in [0.1, 0.15) is 0 Å². The minimum atomic E-state index is -5.56. The second-order valence-corrected chi connectivity index (χ2v) is 14.2. The molecule has 0 aliphatic carbocycles. The van der Waals surface area contributed by atoms with Gasteiger partial charge in [-0.15, -0.1) is 0 Å². The molecule has 0 radical (unpaired) electrons. The van der Waals surface area contributed by atoms with Crippen LogP contribution < -0.4 is 21.2 Å². The molecule has 0 spiro atoms. The van der Waals surface area contributed by atoms with Crippen LogP contribution in [0.15, 0.2) is 121 Å². The summed E-state index contributed by atoms with van der Waals surface area (Å²) in [6.45, 7) is -5.56. The van der Waals surface area contributed by atoms with Gasteiger partial charge in [-0.2, -0.15) is 0 Å². The first-order valence-electron chi connectivity index (χ1n) is 9.08. The second kappa shape index (κ2) is 7.55.